The minimum absolute atomic E-state index is 0.186. The van der Waals surface area contributed by atoms with Crippen molar-refractivity contribution in [2.24, 2.45) is 0 Å². The molecule has 0 saturated heterocycles. The Labute approximate surface area is 159 Å². The van der Waals surface area contributed by atoms with Crippen molar-refractivity contribution in [2.75, 3.05) is 7.11 Å². The Kier molecular flexibility index (Phi) is 8.24. The first-order valence-electron chi connectivity index (χ1n) is 9.00. The van der Waals surface area contributed by atoms with Gasteiger partial charge in [0.1, 0.15) is 8.07 Å². The Hall–Kier alpha value is -1.24. The van der Waals surface area contributed by atoms with E-state index in [1.54, 1.807) is 0 Å². The van der Waals surface area contributed by atoms with Gasteiger partial charge in [-0.2, -0.15) is 0 Å². The Bertz CT molecular complexity index is 619. The Morgan fingerprint density at radius 2 is 1.68 bits per heavy atom. The molecule has 0 fully saturated rings. The van der Waals surface area contributed by atoms with E-state index in [4.69, 9.17) is 16.3 Å². The standard InChI is InChI=1S/C21H31ClO2Si/c1-15(2)25(16(3)4,17(5)6)12-11-19(14-21(23)24-7)18-9-8-10-20(22)13-18/h8-10,13,15-17,19H,14H2,1-7H3/t19-/m1/s1. The van der Waals surface area contributed by atoms with Crippen LogP contribution in [0.5, 0.6) is 0 Å². The third-order valence-electron chi connectivity index (χ3n) is 5.18. The Balaban J connectivity index is 3.37. The first-order valence-corrected chi connectivity index (χ1v) is 11.6. The highest BCUT2D eigenvalue weighted by Gasteiger charge is 2.41. The van der Waals surface area contributed by atoms with E-state index in [-0.39, 0.29) is 18.3 Å². The van der Waals surface area contributed by atoms with Gasteiger partial charge in [0.05, 0.1) is 19.4 Å². The van der Waals surface area contributed by atoms with Crippen LogP contribution in [-0.4, -0.2) is 21.2 Å². The van der Waals surface area contributed by atoms with Gasteiger partial charge in [0, 0.05) is 5.02 Å². The second kappa shape index (κ2) is 9.45. The number of esters is 1. The molecule has 1 aromatic carbocycles. The average molecular weight is 379 g/mol. The summed E-state index contributed by atoms with van der Waals surface area (Å²) in [5.74, 6) is 3.03. The minimum atomic E-state index is -1.84. The molecule has 0 heterocycles. The SMILES string of the molecule is COC(=O)C[C@@H](C#C[Si](C(C)C)(C(C)C)C(C)C)c1cccc(Cl)c1. The van der Waals surface area contributed by atoms with Gasteiger partial charge in [-0.05, 0) is 34.3 Å². The maximum atomic E-state index is 11.9. The van der Waals surface area contributed by atoms with Gasteiger partial charge >= 0.3 is 5.97 Å². The number of rotatable bonds is 6. The van der Waals surface area contributed by atoms with Crippen molar-refractivity contribution in [3.63, 3.8) is 0 Å². The average Bonchev–Trinajstić information content (AvgIpc) is 2.52. The maximum Gasteiger partial charge on any atom is 0.307 e. The van der Waals surface area contributed by atoms with Gasteiger partial charge in [-0.1, -0.05) is 65.3 Å². The zero-order valence-electron chi connectivity index (χ0n) is 16.5. The summed E-state index contributed by atoms with van der Waals surface area (Å²) in [6.07, 6.45) is 0.253. The van der Waals surface area contributed by atoms with Crippen LogP contribution >= 0.6 is 11.6 Å². The van der Waals surface area contributed by atoms with E-state index in [0.717, 1.165) is 5.56 Å². The van der Waals surface area contributed by atoms with Crippen molar-refractivity contribution in [1.82, 2.24) is 0 Å². The zero-order chi connectivity index (χ0) is 19.2. The van der Waals surface area contributed by atoms with Crippen LogP contribution in [0.4, 0.5) is 0 Å². The topological polar surface area (TPSA) is 26.3 Å². The number of carbonyl (C=O) groups excluding carboxylic acids is 1. The highest BCUT2D eigenvalue weighted by Crippen LogP contribution is 2.41. The largest absolute Gasteiger partial charge is 0.469 e. The number of benzene rings is 1. The van der Waals surface area contributed by atoms with Gasteiger partial charge in [-0.25, -0.2) is 0 Å². The molecular weight excluding hydrogens is 348 g/mol. The molecule has 0 radical (unpaired) electrons. The molecule has 2 nitrogen and oxygen atoms in total. The van der Waals surface area contributed by atoms with Crippen molar-refractivity contribution in [3.8, 4) is 11.5 Å². The van der Waals surface area contributed by atoms with Crippen LogP contribution in [0.3, 0.4) is 0 Å². The molecule has 25 heavy (non-hydrogen) atoms. The predicted molar refractivity (Wildman–Crippen MR) is 110 cm³/mol. The first kappa shape index (κ1) is 21.8. The fraction of sp³-hybridized carbons (Fsp3) is 0.571. The molecule has 4 heteroatoms. The lowest BCUT2D eigenvalue weighted by Gasteiger charge is -2.38. The molecule has 138 valence electrons. The number of carbonyl (C=O) groups is 1. The molecule has 1 aromatic rings. The fourth-order valence-electron chi connectivity index (χ4n) is 3.87. The molecular formula is C21H31ClO2Si. The second-order valence-electron chi connectivity index (χ2n) is 7.55. The van der Waals surface area contributed by atoms with Crippen molar-refractivity contribution in [3.05, 3.63) is 34.9 Å². The molecule has 0 spiro atoms. The summed E-state index contributed by atoms with van der Waals surface area (Å²) in [5, 5.41) is 0.661. The summed E-state index contributed by atoms with van der Waals surface area (Å²) < 4.78 is 4.88. The molecule has 0 amide bonds. The highest BCUT2D eigenvalue weighted by atomic mass is 35.5. The van der Waals surface area contributed by atoms with Crippen LogP contribution in [0.25, 0.3) is 0 Å². The molecule has 0 N–H and O–H groups in total. The molecule has 0 aliphatic heterocycles. The van der Waals surface area contributed by atoms with Gasteiger partial charge in [0.15, 0.2) is 0 Å². The summed E-state index contributed by atoms with van der Waals surface area (Å²) in [6, 6.07) is 7.62. The summed E-state index contributed by atoms with van der Waals surface area (Å²) >= 11 is 6.15. The van der Waals surface area contributed by atoms with Gasteiger partial charge in [-0.15, -0.1) is 11.5 Å². The van der Waals surface area contributed by atoms with Crippen molar-refractivity contribution in [2.45, 2.75) is 70.5 Å². The van der Waals surface area contributed by atoms with E-state index in [2.05, 4.69) is 53.0 Å². The Morgan fingerprint density at radius 3 is 2.12 bits per heavy atom. The number of ether oxygens (including phenoxy) is 1. The lowest BCUT2D eigenvalue weighted by atomic mass is 9.97. The normalized spacial score (nSPS) is 12.9. The van der Waals surface area contributed by atoms with Crippen LogP contribution in [0.1, 0.15) is 59.4 Å². The number of hydrogen-bond donors (Lipinski definition) is 0. The van der Waals surface area contributed by atoms with Crippen LogP contribution in [0, 0.1) is 11.5 Å². The highest BCUT2D eigenvalue weighted by molar-refractivity contribution is 6.90. The molecule has 1 atom stereocenters. The van der Waals surface area contributed by atoms with E-state index in [0.29, 0.717) is 21.6 Å². The lowest BCUT2D eigenvalue weighted by Crippen LogP contribution is -2.43. The van der Waals surface area contributed by atoms with Crippen molar-refractivity contribution < 1.29 is 9.53 Å². The Morgan fingerprint density at radius 1 is 1.12 bits per heavy atom. The second-order valence-corrected chi connectivity index (χ2v) is 13.6. The lowest BCUT2D eigenvalue weighted by molar-refractivity contribution is -0.140. The molecule has 0 unspecified atom stereocenters. The van der Waals surface area contributed by atoms with Crippen LogP contribution < -0.4 is 0 Å². The molecule has 0 aliphatic carbocycles. The quantitative estimate of drug-likeness (QED) is 0.334. The van der Waals surface area contributed by atoms with Gasteiger partial charge in [0.2, 0.25) is 0 Å². The predicted octanol–water partition coefficient (Wildman–Crippen LogP) is 6.21. The molecule has 1 rings (SSSR count). The summed E-state index contributed by atoms with van der Waals surface area (Å²) in [7, 11) is -0.427. The van der Waals surface area contributed by atoms with Crippen LogP contribution in [0.15, 0.2) is 24.3 Å². The van der Waals surface area contributed by atoms with Gasteiger partial charge in [0.25, 0.3) is 0 Å². The first-order chi connectivity index (χ1) is 11.6. The minimum Gasteiger partial charge on any atom is -0.469 e. The molecule has 0 bridgehead atoms. The van der Waals surface area contributed by atoms with E-state index < -0.39 is 8.07 Å². The smallest absolute Gasteiger partial charge is 0.307 e. The number of hydrogen-bond acceptors (Lipinski definition) is 2. The molecule has 0 aliphatic rings. The van der Waals surface area contributed by atoms with Gasteiger partial charge < -0.3 is 4.74 Å². The summed E-state index contributed by atoms with van der Waals surface area (Å²) in [5.41, 5.74) is 6.36. The molecule has 0 saturated carbocycles. The zero-order valence-corrected chi connectivity index (χ0v) is 18.3. The van der Waals surface area contributed by atoms with Crippen LogP contribution in [-0.2, 0) is 9.53 Å². The molecule has 0 aromatic heterocycles. The van der Waals surface area contributed by atoms with Crippen molar-refractivity contribution in [1.29, 1.82) is 0 Å². The number of halogens is 1. The van der Waals surface area contributed by atoms with E-state index >= 15 is 0 Å². The van der Waals surface area contributed by atoms with Gasteiger partial charge in [-0.3, -0.25) is 4.79 Å². The van der Waals surface area contributed by atoms with Crippen LogP contribution in [0.2, 0.25) is 21.6 Å². The van der Waals surface area contributed by atoms with E-state index in [9.17, 15) is 4.79 Å². The maximum absolute atomic E-state index is 11.9. The summed E-state index contributed by atoms with van der Waals surface area (Å²) in [6.45, 7) is 13.7. The number of methoxy groups -OCH3 is 1. The summed E-state index contributed by atoms with van der Waals surface area (Å²) in [4.78, 5) is 11.9. The van der Waals surface area contributed by atoms with E-state index in [1.807, 2.05) is 24.3 Å². The third-order valence-corrected chi connectivity index (χ3v) is 11.7. The monoisotopic (exact) mass is 378 g/mol. The third kappa shape index (κ3) is 5.36. The van der Waals surface area contributed by atoms with Crippen molar-refractivity contribution >= 4 is 25.6 Å². The van der Waals surface area contributed by atoms with E-state index in [1.165, 1.54) is 7.11 Å². The fourth-order valence-corrected chi connectivity index (χ4v) is 9.36.